The molecule has 1 heterocycles. The monoisotopic (exact) mass is 257 g/mol. The molecule has 2 fully saturated rings. The summed E-state index contributed by atoms with van der Waals surface area (Å²) in [6.07, 6.45) is 10.7. The van der Waals surface area contributed by atoms with Crippen molar-refractivity contribution in [2.45, 2.75) is 44.9 Å². The molecule has 19 heavy (non-hydrogen) atoms. The Bertz CT molecular complexity index is 438. The highest BCUT2D eigenvalue weighted by Gasteiger charge is 2.35. The number of benzene rings is 1. The van der Waals surface area contributed by atoms with Gasteiger partial charge in [-0.1, -0.05) is 31.4 Å². The van der Waals surface area contributed by atoms with Crippen LogP contribution in [0.15, 0.2) is 24.3 Å². The third kappa shape index (κ3) is 2.54. The molecule has 1 aromatic carbocycles. The Labute approximate surface area is 115 Å². The SMILES string of the molecule is O=Cc1ccccc1N1CCC2(CCCCC2)CC1. The second kappa shape index (κ2) is 5.36. The Morgan fingerprint density at radius 3 is 2.32 bits per heavy atom. The predicted molar refractivity (Wildman–Crippen MR) is 78.8 cm³/mol. The summed E-state index contributed by atoms with van der Waals surface area (Å²) in [6.45, 7) is 2.23. The summed E-state index contributed by atoms with van der Waals surface area (Å²) in [5.74, 6) is 0. The van der Waals surface area contributed by atoms with Gasteiger partial charge in [0.25, 0.3) is 0 Å². The van der Waals surface area contributed by atoms with E-state index < -0.39 is 0 Å². The first-order valence-corrected chi connectivity index (χ1v) is 7.62. The zero-order valence-electron chi connectivity index (χ0n) is 11.6. The molecule has 1 spiro atoms. The van der Waals surface area contributed by atoms with E-state index in [1.54, 1.807) is 0 Å². The average Bonchev–Trinajstić information content (AvgIpc) is 2.49. The Hall–Kier alpha value is -1.31. The molecule has 0 unspecified atom stereocenters. The summed E-state index contributed by atoms with van der Waals surface area (Å²) in [4.78, 5) is 13.5. The first-order chi connectivity index (χ1) is 9.33. The molecule has 1 saturated carbocycles. The van der Waals surface area contributed by atoms with E-state index in [1.807, 2.05) is 18.2 Å². The van der Waals surface area contributed by atoms with Crippen molar-refractivity contribution in [3.8, 4) is 0 Å². The van der Waals surface area contributed by atoms with Gasteiger partial charge in [0, 0.05) is 24.3 Å². The fourth-order valence-corrected chi connectivity index (χ4v) is 3.90. The predicted octanol–water partition coefficient (Wildman–Crippen LogP) is 4.05. The summed E-state index contributed by atoms with van der Waals surface area (Å²) < 4.78 is 0. The van der Waals surface area contributed by atoms with Crippen LogP contribution in [0.3, 0.4) is 0 Å². The number of hydrogen-bond donors (Lipinski definition) is 0. The lowest BCUT2D eigenvalue weighted by Gasteiger charge is -2.45. The molecule has 1 aromatic rings. The molecule has 1 aliphatic heterocycles. The van der Waals surface area contributed by atoms with Gasteiger partial charge in [-0.2, -0.15) is 0 Å². The number of para-hydroxylation sites is 1. The standard InChI is InChI=1S/C17H23NO/c19-14-15-6-2-3-7-16(15)18-12-10-17(11-13-18)8-4-1-5-9-17/h2-3,6-7,14H,1,4-5,8-13H2. The van der Waals surface area contributed by atoms with E-state index in [2.05, 4.69) is 11.0 Å². The van der Waals surface area contributed by atoms with Crippen molar-refractivity contribution in [2.75, 3.05) is 18.0 Å². The number of carbonyl (C=O) groups is 1. The maximum atomic E-state index is 11.1. The highest BCUT2D eigenvalue weighted by atomic mass is 16.1. The summed E-state index contributed by atoms with van der Waals surface area (Å²) in [7, 11) is 0. The fourth-order valence-electron chi connectivity index (χ4n) is 3.90. The molecule has 2 aliphatic rings. The van der Waals surface area contributed by atoms with Crippen molar-refractivity contribution in [1.29, 1.82) is 0 Å². The summed E-state index contributed by atoms with van der Waals surface area (Å²) in [5.41, 5.74) is 2.59. The van der Waals surface area contributed by atoms with Crippen molar-refractivity contribution >= 4 is 12.0 Å². The van der Waals surface area contributed by atoms with Crippen LogP contribution in [0, 0.1) is 5.41 Å². The first-order valence-electron chi connectivity index (χ1n) is 7.62. The number of aldehydes is 1. The Kier molecular flexibility index (Phi) is 3.58. The van der Waals surface area contributed by atoms with Crippen LogP contribution < -0.4 is 4.90 Å². The second-order valence-corrected chi connectivity index (χ2v) is 6.22. The largest absolute Gasteiger partial charge is 0.371 e. The number of rotatable bonds is 2. The zero-order chi connectivity index (χ0) is 13.1. The maximum Gasteiger partial charge on any atom is 0.152 e. The summed E-state index contributed by atoms with van der Waals surface area (Å²) in [5, 5.41) is 0. The summed E-state index contributed by atoms with van der Waals surface area (Å²) in [6, 6.07) is 7.99. The number of piperidine rings is 1. The van der Waals surface area contributed by atoms with Gasteiger partial charge in [0.15, 0.2) is 6.29 Å². The molecule has 0 N–H and O–H groups in total. The smallest absolute Gasteiger partial charge is 0.152 e. The molecule has 2 heteroatoms. The summed E-state index contributed by atoms with van der Waals surface area (Å²) >= 11 is 0. The highest BCUT2D eigenvalue weighted by Crippen LogP contribution is 2.45. The van der Waals surface area contributed by atoms with E-state index in [0.29, 0.717) is 5.41 Å². The molecular formula is C17H23NO. The van der Waals surface area contributed by atoms with Gasteiger partial charge in [0.05, 0.1) is 0 Å². The van der Waals surface area contributed by atoms with Crippen molar-refractivity contribution in [3.05, 3.63) is 29.8 Å². The molecule has 1 aliphatic carbocycles. The lowest BCUT2D eigenvalue weighted by Crippen LogP contribution is -2.41. The highest BCUT2D eigenvalue weighted by molar-refractivity contribution is 5.84. The molecule has 0 atom stereocenters. The third-order valence-corrected chi connectivity index (χ3v) is 5.14. The minimum atomic E-state index is 0.630. The van der Waals surface area contributed by atoms with Crippen molar-refractivity contribution < 1.29 is 4.79 Å². The minimum Gasteiger partial charge on any atom is -0.371 e. The molecule has 2 nitrogen and oxygen atoms in total. The van der Waals surface area contributed by atoms with Crippen molar-refractivity contribution in [2.24, 2.45) is 5.41 Å². The minimum absolute atomic E-state index is 0.630. The van der Waals surface area contributed by atoms with Crippen LogP contribution in [-0.2, 0) is 0 Å². The van der Waals surface area contributed by atoms with Crippen LogP contribution in [0.5, 0.6) is 0 Å². The third-order valence-electron chi connectivity index (χ3n) is 5.14. The van der Waals surface area contributed by atoms with Crippen LogP contribution in [0.1, 0.15) is 55.3 Å². The lowest BCUT2D eigenvalue weighted by atomic mass is 9.68. The Morgan fingerprint density at radius 2 is 1.63 bits per heavy atom. The van der Waals surface area contributed by atoms with Gasteiger partial charge in [0.2, 0.25) is 0 Å². The fraction of sp³-hybridized carbons (Fsp3) is 0.588. The van der Waals surface area contributed by atoms with Crippen molar-refractivity contribution in [3.63, 3.8) is 0 Å². The van der Waals surface area contributed by atoms with E-state index in [4.69, 9.17) is 0 Å². The van der Waals surface area contributed by atoms with Crippen LogP contribution in [0.2, 0.25) is 0 Å². The Morgan fingerprint density at radius 1 is 0.947 bits per heavy atom. The molecule has 102 valence electrons. The van der Waals surface area contributed by atoms with Crippen LogP contribution in [0.4, 0.5) is 5.69 Å². The van der Waals surface area contributed by atoms with Crippen LogP contribution in [0.25, 0.3) is 0 Å². The molecule has 3 rings (SSSR count). The second-order valence-electron chi connectivity index (χ2n) is 6.22. The van der Waals surface area contributed by atoms with Gasteiger partial charge < -0.3 is 4.90 Å². The number of nitrogens with zero attached hydrogens (tertiary/aromatic N) is 1. The van der Waals surface area contributed by atoms with E-state index in [9.17, 15) is 4.79 Å². The van der Waals surface area contributed by atoms with Gasteiger partial charge >= 0.3 is 0 Å². The van der Waals surface area contributed by atoms with Crippen molar-refractivity contribution in [1.82, 2.24) is 0 Å². The van der Waals surface area contributed by atoms with Gasteiger partial charge in [-0.3, -0.25) is 4.79 Å². The molecule has 0 amide bonds. The van der Waals surface area contributed by atoms with E-state index in [0.717, 1.165) is 30.6 Å². The molecule has 0 aromatic heterocycles. The lowest BCUT2D eigenvalue weighted by molar-refractivity contribution is 0.112. The Balaban J connectivity index is 1.71. The normalized spacial score (nSPS) is 22.4. The van der Waals surface area contributed by atoms with E-state index >= 15 is 0 Å². The van der Waals surface area contributed by atoms with Gasteiger partial charge in [-0.25, -0.2) is 0 Å². The molecule has 0 bridgehead atoms. The van der Waals surface area contributed by atoms with E-state index in [-0.39, 0.29) is 0 Å². The molecular weight excluding hydrogens is 234 g/mol. The first kappa shape index (κ1) is 12.7. The number of hydrogen-bond acceptors (Lipinski definition) is 2. The zero-order valence-corrected chi connectivity index (χ0v) is 11.6. The van der Waals surface area contributed by atoms with Gasteiger partial charge in [-0.15, -0.1) is 0 Å². The number of carbonyl (C=O) groups excluding carboxylic acids is 1. The van der Waals surface area contributed by atoms with Crippen LogP contribution in [-0.4, -0.2) is 19.4 Å². The topological polar surface area (TPSA) is 20.3 Å². The van der Waals surface area contributed by atoms with Gasteiger partial charge in [0.1, 0.15) is 0 Å². The molecule has 0 radical (unpaired) electrons. The van der Waals surface area contributed by atoms with Gasteiger partial charge in [-0.05, 0) is 43.2 Å². The quantitative estimate of drug-likeness (QED) is 0.745. The maximum absolute atomic E-state index is 11.1. The van der Waals surface area contributed by atoms with Crippen LogP contribution >= 0.6 is 0 Å². The number of anilines is 1. The van der Waals surface area contributed by atoms with E-state index in [1.165, 1.54) is 44.9 Å². The average molecular weight is 257 g/mol. The molecule has 1 saturated heterocycles.